The summed E-state index contributed by atoms with van der Waals surface area (Å²) in [5.74, 6) is -2.39. The van der Waals surface area contributed by atoms with Crippen molar-refractivity contribution in [2.45, 2.75) is 32.3 Å². The van der Waals surface area contributed by atoms with Crippen LogP contribution >= 0.6 is 0 Å². The third-order valence-electron chi connectivity index (χ3n) is 8.15. The summed E-state index contributed by atoms with van der Waals surface area (Å²) in [5, 5.41) is 12.3. The topological polar surface area (TPSA) is 162 Å². The van der Waals surface area contributed by atoms with Crippen LogP contribution < -0.4 is 9.62 Å². The molecule has 5 rings (SSSR count). The second-order valence-corrected chi connectivity index (χ2v) is 13.8. The first-order valence-electron chi connectivity index (χ1n) is 16.3. The third-order valence-corrected chi connectivity index (χ3v) is 9.33. The lowest BCUT2D eigenvalue weighted by Gasteiger charge is -2.23. The van der Waals surface area contributed by atoms with E-state index in [1.807, 2.05) is 0 Å². The highest BCUT2D eigenvalue weighted by Gasteiger charge is 2.37. The Morgan fingerprint density at radius 1 is 1.02 bits per heavy atom. The molecule has 14 heteroatoms. The number of hydrogen-bond donors (Lipinski definition) is 2. The second-order valence-electron chi connectivity index (χ2n) is 11.9. The summed E-state index contributed by atoms with van der Waals surface area (Å²) < 4.78 is 63.5. The van der Waals surface area contributed by atoms with Gasteiger partial charge in [0.2, 0.25) is 15.8 Å². The van der Waals surface area contributed by atoms with E-state index in [-0.39, 0.29) is 62.4 Å². The van der Waals surface area contributed by atoms with E-state index < -0.39 is 39.3 Å². The predicted octanol–water partition coefficient (Wildman–Crippen LogP) is 5.61. The molecular weight excluding hydrogens is 683 g/mol. The van der Waals surface area contributed by atoms with Crippen molar-refractivity contribution in [1.82, 2.24) is 5.32 Å². The molecule has 1 fully saturated rings. The molecule has 12 nitrogen and oxygen atoms in total. The van der Waals surface area contributed by atoms with Crippen molar-refractivity contribution in [3.8, 4) is 22.6 Å². The van der Waals surface area contributed by atoms with Crippen LogP contribution in [0.25, 0.3) is 22.6 Å². The summed E-state index contributed by atoms with van der Waals surface area (Å²) in [6.45, 7) is 2.39. The Hall–Kier alpha value is -5.05. The fourth-order valence-electron chi connectivity index (χ4n) is 5.54. The molecule has 1 heterocycles. The molecule has 270 valence electrons. The number of aliphatic hydroxyl groups is 1. The molecule has 51 heavy (non-hydrogen) atoms. The van der Waals surface area contributed by atoms with Crippen molar-refractivity contribution in [3.05, 3.63) is 101 Å². The Morgan fingerprint density at radius 3 is 2.33 bits per heavy atom. The highest BCUT2D eigenvalue weighted by atomic mass is 32.2. The van der Waals surface area contributed by atoms with Crippen LogP contribution in [0.4, 0.5) is 10.1 Å². The Bertz CT molecular complexity index is 1980. The molecule has 0 unspecified atom stereocenters. The van der Waals surface area contributed by atoms with Crippen LogP contribution in [0.5, 0.6) is 0 Å². The van der Waals surface area contributed by atoms with Gasteiger partial charge in [0.05, 0.1) is 57.1 Å². The molecule has 2 aromatic rings. The zero-order valence-electron chi connectivity index (χ0n) is 28.4. The van der Waals surface area contributed by atoms with Gasteiger partial charge < -0.3 is 29.1 Å². The molecule has 0 saturated heterocycles. The van der Waals surface area contributed by atoms with Gasteiger partial charge in [-0.25, -0.2) is 17.6 Å². The number of carbonyl (C=O) groups is 3. The number of esters is 1. The normalized spacial score (nSPS) is 13.3. The van der Waals surface area contributed by atoms with Gasteiger partial charge in [-0.2, -0.15) is 0 Å². The molecule has 1 amide bonds. The van der Waals surface area contributed by atoms with Gasteiger partial charge in [0.15, 0.2) is 5.78 Å². The van der Waals surface area contributed by atoms with Gasteiger partial charge in [0.1, 0.15) is 17.3 Å². The van der Waals surface area contributed by atoms with Crippen molar-refractivity contribution < 1.29 is 50.9 Å². The predicted molar refractivity (Wildman–Crippen MR) is 187 cm³/mol. The number of benzene rings is 2. The molecule has 2 N–H and O–H groups in total. The van der Waals surface area contributed by atoms with Crippen molar-refractivity contribution in [2.24, 2.45) is 0 Å². The second kappa shape index (κ2) is 16.3. The van der Waals surface area contributed by atoms with E-state index in [0.29, 0.717) is 22.6 Å². The zero-order valence-corrected chi connectivity index (χ0v) is 29.3. The lowest BCUT2D eigenvalue weighted by Crippen LogP contribution is -2.33. The molecule has 1 aliphatic heterocycles. The fraction of sp³-hybridized carbons (Fsp3) is 0.324. The number of aliphatic hydroxyl groups excluding tert-OH is 1. The zero-order chi connectivity index (χ0) is 36.7. The summed E-state index contributed by atoms with van der Waals surface area (Å²) in [7, 11) is -2.25. The lowest BCUT2D eigenvalue weighted by atomic mass is 10.0. The number of allylic oxidation sites excluding steroid dienone is 1. The smallest absolute Gasteiger partial charge is 0.373 e. The van der Waals surface area contributed by atoms with Gasteiger partial charge in [-0.1, -0.05) is 24.3 Å². The quantitative estimate of drug-likeness (QED) is 0.0461. The number of rotatable bonds is 17. The van der Waals surface area contributed by atoms with Crippen LogP contribution in [0.2, 0.25) is 0 Å². The van der Waals surface area contributed by atoms with Gasteiger partial charge in [0.25, 0.3) is 5.91 Å². The van der Waals surface area contributed by atoms with Crippen LogP contribution in [0.3, 0.4) is 0 Å². The third kappa shape index (κ3) is 9.20. The first-order chi connectivity index (χ1) is 24.4. The number of amides is 1. The number of ether oxygens (including phenoxy) is 3. The summed E-state index contributed by atoms with van der Waals surface area (Å²) >= 11 is 0. The number of hydrogen-bond acceptors (Lipinski definition) is 10. The van der Waals surface area contributed by atoms with E-state index in [9.17, 15) is 32.3 Å². The minimum Gasteiger partial charge on any atom is -0.502 e. The largest absolute Gasteiger partial charge is 0.502 e. The Labute approximate surface area is 295 Å². The monoisotopic (exact) mass is 722 g/mol. The van der Waals surface area contributed by atoms with Crippen molar-refractivity contribution in [3.63, 3.8) is 0 Å². The van der Waals surface area contributed by atoms with Gasteiger partial charge in [-0.15, -0.1) is 0 Å². The summed E-state index contributed by atoms with van der Waals surface area (Å²) in [6, 6.07) is 15.4. The van der Waals surface area contributed by atoms with E-state index in [2.05, 4.69) is 10.1 Å². The highest BCUT2D eigenvalue weighted by Crippen LogP contribution is 2.53. The summed E-state index contributed by atoms with van der Waals surface area (Å²) in [6.07, 6.45) is 3.66. The minimum absolute atomic E-state index is 0.0255. The average Bonchev–Trinajstić information content (AvgIpc) is 3.88. The van der Waals surface area contributed by atoms with Crippen molar-refractivity contribution >= 4 is 33.4 Å². The van der Waals surface area contributed by atoms with Crippen molar-refractivity contribution in [2.75, 3.05) is 50.6 Å². The number of sulfonamides is 1. The van der Waals surface area contributed by atoms with E-state index in [1.165, 1.54) is 35.6 Å². The molecule has 2 aromatic carbocycles. The number of carbonyl (C=O) groups excluding carboxylic acids is 3. The maximum Gasteiger partial charge on any atom is 0.373 e. The van der Waals surface area contributed by atoms with Gasteiger partial charge in [0, 0.05) is 35.9 Å². The minimum atomic E-state index is -3.75. The number of ketones is 1. The number of anilines is 1. The van der Waals surface area contributed by atoms with Crippen LogP contribution in [-0.4, -0.2) is 77.5 Å². The fourth-order valence-corrected chi connectivity index (χ4v) is 6.46. The van der Waals surface area contributed by atoms with E-state index in [1.54, 1.807) is 43.3 Å². The van der Waals surface area contributed by atoms with Crippen LogP contribution in [0, 0.1) is 5.82 Å². The average molecular weight is 723 g/mol. The molecule has 2 aliphatic carbocycles. The lowest BCUT2D eigenvalue weighted by molar-refractivity contribution is -0.141. The maximum atomic E-state index is 13.7. The van der Waals surface area contributed by atoms with E-state index in [0.717, 1.165) is 36.3 Å². The Kier molecular flexibility index (Phi) is 11.9. The molecule has 0 radical (unpaired) electrons. The van der Waals surface area contributed by atoms with Crippen LogP contribution in [-0.2, 0) is 35.6 Å². The number of fused-ring (bicyclic) bond motifs is 1. The standard InChI is InChI=1S/C37H39FN2O10S/c1-4-49-37(44)32(42)21-31(41)24-7-5-23(6-8-24)22-48-18-17-47-16-15-40(51(3,45)46)30-20-33-28(34(30)25-9-10-25)19-29(36(43)39-2)35(50-33)26-11-13-27(38)14-12-26/h5-8,11-14,19-21,25,42H,4,9-10,15-18,22H2,1-3H3,(H,39,43). The Morgan fingerprint density at radius 2 is 1.71 bits per heavy atom. The Balaban J connectivity index is 1.22. The highest BCUT2D eigenvalue weighted by molar-refractivity contribution is 7.92. The maximum absolute atomic E-state index is 13.7. The molecule has 0 spiro atoms. The molecule has 0 aromatic heterocycles. The number of nitrogens with one attached hydrogen (secondary N) is 1. The molecule has 1 saturated carbocycles. The molecule has 0 atom stereocenters. The molecular formula is C37H39FN2O10S. The van der Waals surface area contributed by atoms with Crippen LogP contribution in [0.1, 0.15) is 57.5 Å². The first-order valence-corrected chi connectivity index (χ1v) is 18.2. The first kappa shape index (κ1) is 37.2. The van der Waals surface area contributed by atoms with Gasteiger partial charge >= 0.3 is 5.97 Å². The van der Waals surface area contributed by atoms with E-state index in [4.69, 9.17) is 13.9 Å². The number of halogens is 1. The SMILES string of the molecule is CCOC(=O)C(O)=CC(=O)c1ccc(COCCOCCN(c2cc3oc(-c4ccc(F)cc4)c(C(=O)NC)cc-3c2C2CC2)S(C)(=O)=O)cc1. The molecule has 0 bridgehead atoms. The van der Waals surface area contributed by atoms with Gasteiger partial charge in [-0.3, -0.25) is 13.9 Å². The summed E-state index contributed by atoms with van der Waals surface area (Å²) in [4.78, 5) is 36.8. The summed E-state index contributed by atoms with van der Waals surface area (Å²) in [5.41, 5.74) is 3.68. The van der Waals surface area contributed by atoms with Crippen LogP contribution in [0.15, 0.2) is 76.9 Å². The van der Waals surface area contributed by atoms with E-state index >= 15 is 0 Å². The molecule has 3 aliphatic rings. The number of nitrogens with zero attached hydrogens (tertiary/aromatic N) is 1. The van der Waals surface area contributed by atoms with Crippen molar-refractivity contribution in [1.29, 1.82) is 0 Å². The van der Waals surface area contributed by atoms with Gasteiger partial charge in [-0.05, 0) is 67.1 Å².